The molecule has 0 saturated carbocycles. The molecule has 0 aliphatic heterocycles. The smallest absolute Gasteiger partial charge is 0.125 e. The maximum atomic E-state index is 10.4. The number of benzene rings is 2. The predicted molar refractivity (Wildman–Crippen MR) is 80.5 cm³/mol. The number of hydrogen-bond acceptors (Lipinski definition) is 2. The van der Waals surface area contributed by atoms with Crippen molar-refractivity contribution < 1.29 is 9.84 Å². The Morgan fingerprint density at radius 1 is 1.21 bits per heavy atom. The van der Waals surface area contributed by atoms with Gasteiger partial charge in [0.25, 0.3) is 0 Å². The zero-order chi connectivity index (χ0) is 13.8. The molecule has 2 aromatic rings. The molecule has 1 N–H and O–H groups in total. The van der Waals surface area contributed by atoms with Gasteiger partial charge in [0.1, 0.15) is 5.75 Å². The number of hydrogen-bond donors (Lipinski definition) is 1. The number of ether oxygens (including phenoxy) is 1. The van der Waals surface area contributed by atoms with Crippen molar-refractivity contribution >= 4 is 15.9 Å². The molecule has 19 heavy (non-hydrogen) atoms. The quantitative estimate of drug-likeness (QED) is 0.921. The topological polar surface area (TPSA) is 29.5 Å². The predicted octanol–water partition coefficient (Wildman–Crippen LogP) is 4.04. The van der Waals surface area contributed by atoms with E-state index in [0.717, 1.165) is 15.6 Å². The number of aryl methyl sites for hydroxylation is 1. The van der Waals surface area contributed by atoms with Gasteiger partial charge in [-0.3, -0.25) is 0 Å². The van der Waals surface area contributed by atoms with Crippen LogP contribution in [0.15, 0.2) is 46.9 Å². The van der Waals surface area contributed by atoms with Gasteiger partial charge in [0.15, 0.2) is 0 Å². The van der Waals surface area contributed by atoms with Crippen molar-refractivity contribution in [2.24, 2.45) is 0 Å². The van der Waals surface area contributed by atoms with Gasteiger partial charge in [0.05, 0.1) is 13.2 Å². The van der Waals surface area contributed by atoms with Crippen LogP contribution < -0.4 is 4.74 Å². The second-order valence-electron chi connectivity index (χ2n) is 4.53. The lowest BCUT2D eigenvalue weighted by atomic mass is 9.98. The summed E-state index contributed by atoms with van der Waals surface area (Å²) in [6, 6.07) is 13.8. The van der Waals surface area contributed by atoms with E-state index < -0.39 is 6.10 Å². The fraction of sp³-hybridized carbons (Fsp3) is 0.250. The average Bonchev–Trinajstić information content (AvgIpc) is 2.41. The highest BCUT2D eigenvalue weighted by atomic mass is 79.9. The molecule has 1 unspecified atom stereocenters. The molecular formula is C16H17BrO2. The summed E-state index contributed by atoms with van der Waals surface area (Å²) in [6.45, 7) is 2.06. The Kier molecular flexibility index (Phi) is 4.61. The molecule has 2 aromatic carbocycles. The van der Waals surface area contributed by atoms with E-state index in [4.69, 9.17) is 4.74 Å². The lowest BCUT2D eigenvalue weighted by Gasteiger charge is -2.16. The Morgan fingerprint density at radius 2 is 1.95 bits per heavy atom. The molecule has 0 aromatic heterocycles. The zero-order valence-corrected chi connectivity index (χ0v) is 12.6. The van der Waals surface area contributed by atoms with Gasteiger partial charge in [-0.05, 0) is 30.2 Å². The number of rotatable bonds is 4. The van der Waals surface area contributed by atoms with Crippen LogP contribution in [0.5, 0.6) is 5.75 Å². The van der Waals surface area contributed by atoms with Crippen LogP contribution >= 0.6 is 15.9 Å². The highest BCUT2D eigenvalue weighted by Gasteiger charge is 2.15. The van der Waals surface area contributed by atoms with E-state index in [1.54, 1.807) is 7.11 Å². The second-order valence-corrected chi connectivity index (χ2v) is 5.45. The third kappa shape index (κ3) is 3.37. The third-order valence-electron chi connectivity index (χ3n) is 3.23. The maximum Gasteiger partial charge on any atom is 0.125 e. The molecule has 3 heteroatoms. The van der Waals surface area contributed by atoms with Crippen LogP contribution in [0.3, 0.4) is 0 Å². The van der Waals surface area contributed by atoms with Gasteiger partial charge in [-0.25, -0.2) is 0 Å². The van der Waals surface area contributed by atoms with Gasteiger partial charge in [0, 0.05) is 16.5 Å². The van der Waals surface area contributed by atoms with Crippen molar-refractivity contribution in [3.63, 3.8) is 0 Å². The van der Waals surface area contributed by atoms with Gasteiger partial charge >= 0.3 is 0 Å². The Balaban J connectivity index is 2.25. The highest BCUT2D eigenvalue weighted by molar-refractivity contribution is 9.10. The Hall–Kier alpha value is -1.32. The van der Waals surface area contributed by atoms with Crippen LogP contribution in [-0.2, 0) is 6.42 Å². The molecule has 0 amide bonds. The fourth-order valence-corrected chi connectivity index (χ4v) is 2.46. The van der Waals surface area contributed by atoms with E-state index >= 15 is 0 Å². The summed E-state index contributed by atoms with van der Waals surface area (Å²) < 4.78 is 6.27. The normalized spacial score (nSPS) is 12.2. The Bertz CT molecular complexity index is 566. The molecule has 0 saturated heterocycles. The Morgan fingerprint density at radius 3 is 2.63 bits per heavy atom. The molecule has 0 aliphatic rings. The van der Waals surface area contributed by atoms with E-state index in [-0.39, 0.29) is 0 Å². The minimum Gasteiger partial charge on any atom is -0.496 e. The van der Waals surface area contributed by atoms with Gasteiger partial charge in [-0.1, -0.05) is 46.3 Å². The van der Waals surface area contributed by atoms with Crippen LogP contribution in [0.2, 0.25) is 0 Å². The fourth-order valence-electron chi connectivity index (χ4n) is 2.12. The molecule has 0 spiro atoms. The third-order valence-corrected chi connectivity index (χ3v) is 3.72. The summed E-state index contributed by atoms with van der Waals surface area (Å²) in [5.74, 6) is 0.704. The van der Waals surface area contributed by atoms with Crippen LogP contribution in [-0.4, -0.2) is 12.2 Å². The lowest BCUT2D eigenvalue weighted by molar-refractivity contribution is 0.174. The SMILES string of the molecule is COc1cc(Br)ccc1C(O)Cc1ccccc1C. The van der Waals surface area contributed by atoms with E-state index in [1.165, 1.54) is 5.56 Å². The van der Waals surface area contributed by atoms with Crippen LogP contribution in [0.25, 0.3) is 0 Å². The Labute approximate surface area is 122 Å². The van der Waals surface area contributed by atoms with Crippen LogP contribution in [0.4, 0.5) is 0 Å². The first-order chi connectivity index (χ1) is 9.11. The number of methoxy groups -OCH3 is 1. The summed E-state index contributed by atoms with van der Waals surface area (Å²) in [7, 11) is 1.62. The van der Waals surface area contributed by atoms with E-state index in [9.17, 15) is 5.11 Å². The van der Waals surface area contributed by atoms with Crippen LogP contribution in [0.1, 0.15) is 22.8 Å². The van der Waals surface area contributed by atoms with Gasteiger partial charge in [-0.2, -0.15) is 0 Å². The van der Waals surface area contributed by atoms with Crippen molar-refractivity contribution in [1.29, 1.82) is 0 Å². The largest absolute Gasteiger partial charge is 0.496 e. The van der Waals surface area contributed by atoms with Crippen LogP contribution in [0, 0.1) is 6.92 Å². The molecule has 0 aliphatic carbocycles. The molecule has 0 radical (unpaired) electrons. The molecule has 0 heterocycles. The minimum absolute atomic E-state index is 0.566. The van der Waals surface area contributed by atoms with Crippen molar-refractivity contribution in [3.8, 4) is 5.75 Å². The monoisotopic (exact) mass is 320 g/mol. The summed E-state index contributed by atoms with van der Waals surface area (Å²) in [5, 5.41) is 10.4. The van der Waals surface area contributed by atoms with Gasteiger partial charge in [-0.15, -0.1) is 0 Å². The lowest BCUT2D eigenvalue weighted by Crippen LogP contribution is -2.05. The minimum atomic E-state index is -0.566. The average molecular weight is 321 g/mol. The summed E-state index contributed by atoms with van der Waals surface area (Å²) in [4.78, 5) is 0. The maximum absolute atomic E-state index is 10.4. The van der Waals surface area contributed by atoms with E-state index in [2.05, 4.69) is 28.9 Å². The number of aliphatic hydroxyl groups is 1. The van der Waals surface area contributed by atoms with Gasteiger partial charge < -0.3 is 9.84 Å². The molecular weight excluding hydrogens is 304 g/mol. The summed E-state index contributed by atoms with van der Waals surface area (Å²) >= 11 is 3.40. The molecule has 100 valence electrons. The first kappa shape index (κ1) is 14.1. The molecule has 1 atom stereocenters. The molecule has 2 rings (SSSR count). The van der Waals surface area contributed by atoms with Crippen molar-refractivity contribution in [2.75, 3.05) is 7.11 Å². The molecule has 0 fully saturated rings. The highest BCUT2D eigenvalue weighted by Crippen LogP contribution is 2.30. The molecule has 2 nitrogen and oxygen atoms in total. The van der Waals surface area contributed by atoms with Crippen molar-refractivity contribution in [1.82, 2.24) is 0 Å². The summed E-state index contributed by atoms with van der Waals surface area (Å²) in [6.07, 6.45) is 0.0224. The first-order valence-electron chi connectivity index (χ1n) is 6.18. The van der Waals surface area contributed by atoms with E-state index in [0.29, 0.717) is 12.2 Å². The number of aliphatic hydroxyl groups excluding tert-OH is 1. The number of halogens is 1. The standard InChI is InChI=1S/C16H17BrO2/c1-11-5-3-4-6-12(11)9-15(18)14-8-7-13(17)10-16(14)19-2/h3-8,10,15,18H,9H2,1-2H3. The van der Waals surface area contributed by atoms with Crippen molar-refractivity contribution in [2.45, 2.75) is 19.4 Å². The zero-order valence-electron chi connectivity index (χ0n) is 11.1. The van der Waals surface area contributed by atoms with Crippen molar-refractivity contribution in [3.05, 3.63) is 63.6 Å². The summed E-state index contributed by atoms with van der Waals surface area (Å²) in [5.41, 5.74) is 3.16. The second kappa shape index (κ2) is 6.22. The van der Waals surface area contributed by atoms with Gasteiger partial charge in [0.2, 0.25) is 0 Å². The van der Waals surface area contributed by atoms with E-state index in [1.807, 2.05) is 36.4 Å². The molecule has 0 bridgehead atoms. The first-order valence-corrected chi connectivity index (χ1v) is 6.97.